The van der Waals surface area contributed by atoms with E-state index in [1.807, 2.05) is 0 Å². The van der Waals surface area contributed by atoms with Crippen molar-refractivity contribution in [2.75, 3.05) is 4.90 Å². The van der Waals surface area contributed by atoms with Crippen molar-refractivity contribution in [3.8, 4) is 33.4 Å². The molecule has 1 heteroatoms. The maximum Gasteiger partial charge on any atom is 0.0546 e. The topological polar surface area (TPSA) is 3.24 Å². The van der Waals surface area contributed by atoms with Crippen molar-refractivity contribution < 1.29 is 0 Å². The molecule has 0 saturated carbocycles. The molecule has 0 atom stereocenters. The Balaban J connectivity index is 1.10. The van der Waals surface area contributed by atoms with Crippen LogP contribution in [-0.4, -0.2) is 0 Å². The molecule has 246 valence electrons. The molecule has 0 aromatic heterocycles. The van der Waals surface area contributed by atoms with Crippen LogP contribution in [0.1, 0.15) is 25.0 Å². The van der Waals surface area contributed by atoms with Gasteiger partial charge >= 0.3 is 0 Å². The minimum Gasteiger partial charge on any atom is -0.310 e. The molecule has 10 rings (SSSR count). The van der Waals surface area contributed by atoms with Gasteiger partial charge in [0.1, 0.15) is 0 Å². The van der Waals surface area contributed by atoms with Crippen molar-refractivity contribution in [3.63, 3.8) is 0 Å². The second-order valence-electron chi connectivity index (χ2n) is 14.5. The summed E-state index contributed by atoms with van der Waals surface area (Å²) in [6.45, 7) is 4.72. The molecular formula is C51H37N. The molecule has 0 amide bonds. The number of fused-ring (bicyclic) bond motifs is 7. The molecule has 0 aliphatic heterocycles. The first-order valence-corrected chi connectivity index (χ1v) is 18.2. The van der Waals surface area contributed by atoms with E-state index in [9.17, 15) is 0 Å². The highest BCUT2D eigenvalue weighted by Gasteiger charge is 2.35. The van der Waals surface area contributed by atoms with Crippen LogP contribution in [-0.2, 0) is 5.41 Å². The van der Waals surface area contributed by atoms with E-state index in [2.05, 4.69) is 207 Å². The highest BCUT2D eigenvalue weighted by Crippen LogP contribution is 2.51. The molecule has 0 N–H and O–H groups in total. The number of anilines is 3. The average molecular weight is 664 g/mol. The standard InChI is InChI=1S/C51H37N/c1-51(2)48-21-10-9-18-45(48)46-31-30-40(33-49(46)51)52(50-32-38-13-4-6-16-43(38)44-17-7-8-19-47(44)50)39-28-26-35(27-29-39)34-22-24-37(25-23-34)42-20-11-14-36-12-3-5-15-41(36)42/h3-33H,1-2H3. The molecule has 0 fully saturated rings. The van der Waals surface area contributed by atoms with Crippen LogP contribution in [0.3, 0.4) is 0 Å². The lowest BCUT2D eigenvalue weighted by molar-refractivity contribution is 0.660. The van der Waals surface area contributed by atoms with Gasteiger partial charge in [-0.25, -0.2) is 0 Å². The zero-order chi connectivity index (χ0) is 34.8. The Morgan fingerprint density at radius 2 is 0.885 bits per heavy atom. The van der Waals surface area contributed by atoms with Crippen LogP contribution in [0.15, 0.2) is 188 Å². The zero-order valence-corrected chi connectivity index (χ0v) is 29.3. The molecule has 0 spiro atoms. The Morgan fingerprint density at radius 1 is 0.346 bits per heavy atom. The van der Waals surface area contributed by atoms with Crippen LogP contribution in [0.2, 0.25) is 0 Å². The van der Waals surface area contributed by atoms with Gasteiger partial charge < -0.3 is 4.90 Å². The number of rotatable bonds is 5. The molecule has 0 saturated heterocycles. The van der Waals surface area contributed by atoms with E-state index in [0.717, 1.165) is 11.4 Å². The van der Waals surface area contributed by atoms with Gasteiger partial charge in [0, 0.05) is 22.2 Å². The van der Waals surface area contributed by atoms with Crippen LogP contribution < -0.4 is 4.90 Å². The van der Waals surface area contributed by atoms with Crippen LogP contribution in [0.25, 0.3) is 65.7 Å². The summed E-state index contributed by atoms with van der Waals surface area (Å²) in [4.78, 5) is 2.46. The Bertz CT molecular complexity index is 2800. The van der Waals surface area contributed by atoms with Crippen LogP contribution in [0, 0.1) is 0 Å². The molecule has 52 heavy (non-hydrogen) atoms. The summed E-state index contributed by atoms with van der Waals surface area (Å²) < 4.78 is 0. The van der Waals surface area contributed by atoms with Crippen molar-refractivity contribution in [1.82, 2.24) is 0 Å². The van der Waals surface area contributed by atoms with Gasteiger partial charge in [-0.1, -0.05) is 172 Å². The quantitative estimate of drug-likeness (QED) is 0.166. The number of hydrogen-bond donors (Lipinski definition) is 0. The normalized spacial score (nSPS) is 13.0. The predicted molar refractivity (Wildman–Crippen MR) is 222 cm³/mol. The monoisotopic (exact) mass is 663 g/mol. The van der Waals surface area contributed by atoms with Gasteiger partial charge in [-0.2, -0.15) is 0 Å². The Hall–Kier alpha value is -6.44. The van der Waals surface area contributed by atoms with Crippen molar-refractivity contribution in [1.29, 1.82) is 0 Å². The maximum absolute atomic E-state index is 2.46. The summed E-state index contributed by atoms with van der Waals surface area (Å²) in [6, 6.07) is 69.2. The number of nitrogens with zero attached hydrogens (tertiary/aromatic N) is 1. The average Bonchev–Trinajstić information content (AvgIpc) is 3.43. The Morgan fingerprint density at radius 3 is 1.67 bits per heavy atom. The number of hydrogen-bond acceptors (Lipinski definition) is 1. The van der Waals surface area contributed by atoms with Crippen LogP contribution >= 0.6 is 0 Å². The Kier molecular flexibility index (Phi) is 6.91. The summed E-state index contributed by atoms with van der Waals surface area (Å²) in [5.41, 5.74) is 13.7. The van der Waals surface area contributed by atoms with Gasteiger partial charge in [-0.05, 0) is 102 Å². The smallest absolute Gasteiger partial charge is 0.0546 e. The second kappa shape index (κ2) is 11.8. The lowest BCUT2D eigenvalue weighted by atomic mass is 9.82. The molecular weight excluding hydrogens is 627 g/mol. The van der Waals surface area contributed by atoms with Gasteiger partial charge in [-0.15, -0.1) is 0 Å². The zero-order valence-electron chi connectivity index (χ0n) is 29.3. The summed E-state index contributed by atoms with van der Waals surface area (Å²) in [5.74, 6) is 0. The van der Waals surface area contributed by atoms with E-state index < -0.39 is 0 Å². The highest BCUT2D eigenvalue weighted by molar-refractivity contribution is 6.14. The molecule has 0 heterocycles. The molecule has 9 aromatic carbocycles. The SMILES string of the molecule is CC1(C)c2ccccc2-c2ccc(N(c3ccc(-c4ccc(-c5cccc6ccccc56)cc4)cc3)c3cc4ccccc4c4ccccc34)cc21. The van der Waals surface area contributed by atoms with Gasteiger partial charge in [0.25, 0.3) is 0 Å². The fourth-order valence-electron chi connectivity index (χ4n) is 8.60. The summed E-state index contributed by atoms with van der Waals surface area (Å²) in [5, 5.41) is 7.55. The Labute approximate surface area is 305 Å². The minimum atomic E-state index is -0.0961. The highest BCUT2D eigenvalue weighted by atomic mass is 15.1. The summed E-state index contributed by atoms with van der Waals surface area (Å²) in [7, 11) is 0. The molecule has 0 radical (unpaired) electrons. The molecule has 0 bridgehead atoms. The van der Waals surface area contributed by atoms with E-state index in [1.54, 1.807) is 0 Å². The first-order chi connectivity index (χ1) is 25.5. The maximum atomic E-state index is 2.46. The molecule has 1 aliphatic rings. The fourth-order valence-corrected chi connectivity index (χ4v) is 8.60. The minimum absolute atomic E-state index is 0.0961. The number of benzene rings is 9. The van der Waals surface area contributed by atoms with Crippen molar-refractivity contribution in [3.05, 3.63) is 199 Å². The molecule has 1 nitrogen and oxygen atoms in total. The third kappa shape index (κ3) is 4.77. The van der Waals surface area contributed by atoms with E-state index in [4.69, 9.17) is 0 Å². The third-order valence-electron chi connectivity index (χ3n) is 11.3. The first kappa shape index (κ1) is 30.4. The van der Waals surface area contributed by atoms with Crippen LogP contribution in [0.5, 0.6) is 0 Å². The van der Waals surface area contributed by atoms with E-state index in [1.165, 1.54) is 82.5 Å². The largest absolute Gasteiger partial charge is 0.310 e. The predicted octanol–water partition coefficient (Wildman–Crippen LogP) is 14.3. The van der Waals surface area contributed by atoms with Gasteiger partial charge in [-0.3, -0.25) is 0 Å². The van der Waals surface area contributed by atoms with Gasteiger partial charge in [0.05, 0.1) is 5.69 Å². The fraction of sp³-hybridized carbons (Fsp3) is 0.0588. The van der Waals surface area contributed by atoms with E-state index in [-0.39, 0.29) is 5.41 Å². The van der Waals surface area contributed by atoms with Crippen LogP contribution in [0.4, 0.5) is 17.1 Å². The van der Waals surface area contributed by atoms with Crippen molar-refractivity contribution >= 4 is 49.4 Å². The second-order valence-corrected chi connectivity index (χ2v) is 14.5. The first-order valence-electron chi connectivity index (χ1n) is 18.2. The van der Waals surface area contributed by atoms with Gasteiger partial charge in [0.15, 0.2) is 0 Å². The lowest BCUT2D eigenvalue weighted by Gasteiger charge is -2.29. The molecule has 0 unspecified atom stereocenters. The van der Waals surface area contributed by atoms with E-state index >= 15 is 0 Å². The van der Waals surface area contributed by atoms with E-state index in [0.29, 0.717) is 0 Å². The third-order valence-corrected chi connectivity index (χ3v) is 11.3. The van der Waals surface area contributed by atoms with Crippen molar-refractivity contribution in [2.45, 2.75) is 19.3 Å². The summed E-state index contributed by atoms with van der Waals surface area (Å²) >= 11 is 0. The lowest BCUT2D eigenvalue weighted by Crippen LogP contribution is -2.16. The van der Waals surface area contributed by atoms with Crippen molar-refractivity contribution in [2.24, 2.45) is 0 Å². The molecule has 1 aliphatic carbocycles. The molecule has 9 aromatic rings. The summed E-state index contributed by atoms with van der Waals surface area (Å²) in [6.07, 6.45) is 0. The van der Waals surface area contributed by atoms with Gasteiger partial charge in [0.2, 0.25) is 0 Å².